The highest BCUT2D eigenvalue weighted by Crippen LogP contribution is 2.37. The lowest BCUT2D eigenvalue weighted by molar-refractivity contribution is 0.371. The molecule has 3 aromatic heterocycles. The third-order valence-corrected chi connectivity index (χ3v) is 7.00. The van der Waals surface area contributed by atoms with Gasteiger partial charge in [-0.3, -0.25) is 0 Å². The number of pyridine rings is 1. The minimum Gasteiger partial charge on any atom is -0.356 e. The average Bonchev–Trinajstić information content (AvgIpc) is 3.33. The van der Waals surface area contributed by atoms with Crippen LogP contribution in [-0.4, -0.2) is 37.7 Å². The zero-order valence-electron chi connectivity index (χ0n) is 20.3. The summed E-state index contributed by atoms with van der Waals surface area (Å²) in [5, 5.41) is 8.33. The van der Waals surface area contributed by atoms with E-state index in [4.69, 9.17) is 4.98 Å². The Balaban J connectivity index is 1.34. The number of fused-ring (bicyclic) bond motifs is 1. The van der Waals surface area contributed by atoms with Crippen LogP contribution in [0.3, 0.4) is 0 Å². The maximum absolute atomic E-state index is 14.0. The number of nitrogens with one attached hydrogen (secondary N) is 1. The predicted octanol–water partition coefficient (Wildman–Crippen LogP) is 5.38. The Bertz CT molecular complexity index is 1560. The summed E-state index contributed by atoms with van der Waals surface area (Å²) < 4.78 is 29.1. The highest BCUT2D eigenvalue weighted by atomic mass is 19.2. The SMILES string of the molecule is Cc1cc(N2CCC(Nc3nc4c(-c5ccc(F)c(F)c5)cccn4n3)(c3ccccc3)CC2)ncn1. The largest absolute Gasteiger partial charge is 0.356 e. The summed E-state index contributed by atoms with van der Waals surface area (Å²) in [5.41, 5.74) is 3.49. The monoisotopic (exact) mass is 497 g/mol. The van der Waals surface area contributed by atoms with Gasteiger partial charge in [-0.15, -0.1) is 5.10 Å². The van der Waals surface area contributed by atoms with Crippen LogP contribution >= 0.6 is 0 Å². The second kappa shape index (κ2) is 9.24. The van der Waals surface area contributed by atoms with Crippen molar-refractivity contribution in [3.05, 3.63) is 102 Å². The number of aromatic nitrogens is 5. The molecule has 1 aliphatic heterocycles. The molecule has 5 aromatic rings. The van der Waals surface area contributed by atoms with E-state index in [-0.39, 0.29) is 5.54 Å². The molecule has 37 heavy (non-hydrogen) atoms. The molecule has 0 atom stereocenters. The molecule has 0 radical (unpaired) electrons. The van der Waals surface area contributed by atoms with E-state index in [9.17, 15) is 8.78 Å². The van der Waals surface area contributed by atoms with Crippen molar-refractivity contribution in [2.24, 2.45) is 0 Å². The number of benzene rings is 2. The van der Waals surface area contributed by atoms with E-state index in [0.29, 0.717) is 22.7 Å². The molecule has 2 aromatic carbocycles. The quantitative estimate of drug-likeness (QED) is 0.352. The Morgan fingerprint density at radius 3 is 2.46 bits per heavy atom. The lowest BCUT2D eigenvalue weighted by atomic mass is 9.81. The number of halogens is 2. The van der Waals surface area contributed by atoms with Crippen molar-refractivity contribution < 1.29 is 8.78 Å². The van der Waals surface area contributed by atoms with Crippen LogP contribution in [0.25, 0.3) is 16.8 Å². The van der Waals surface area contributed by atoms with Gasteiger partial charge in [0.1, 0.15) is 12.1 Å². The molecule has 9 heteroatoms. The molecule has 1 N–H and O–H groups in total. The third kappa shape index (κ3) is 4.37. The molecule has 7 nitrogen and oxygen atoms in total. The molecule has 1 aliphatic rings. The van der Waals surface area contributed by atoms with Gasteiger partial charge >= 0.3 is 0 Å². The molecule has 4 heterocycles. The highest BCUT2D eigenvalue weighted by Gasteiger charge is 2.37. The summed E-state index contributed by atoms with van der Waals surface area (Å²) in [6, 6.07) is 19.8. The molecule has 1 fully saturated rings. The van der Waals surface area contributed by atoms with E-state index in [1.165, 1.54) is 6.07 Å². The number of hydrogen-bond donors (Lipinski definition) is 1. The minimum absolute atomic E-state index is 0.382. The third-order valence-electron chi connectivity index (χ3n) is 7.00. The number of hydrogen-bond acceptors (Lipinski definition) is 6. The molecular weight excluding hydrogens is 472 g/mol. The molecule has 1 saturated heterocycles. The lowest BCUT2D eigenvalue weighted by Gasteiger charge is -2.43. The lowest BCUT2D eigenvalue weighted by Crippen LogP contribution is -2.47. The van der Waals surface area contributed by atoms with E-state index in [0.717, 1.165) is 49.1 Å². The fourth-order valence-electron chi connectivity index (χ4n) is 5.04. The molecule has 6 rings (SSSR count). The Hall–Kier alpha value is -4.40. The Labute approximate surface area is 212 Å². The van der Waals surface area contributed by atoms with E-state index >= 15 is 0 Å². The van der Waals surface area contributed by atoms with Crippen LogP contribution in [0.4, 0.5) is 20.5 Å². The van der Waals surface area contributed by atoms with E-state index < -0.39 is 11.6 Å². The van der Waals surface area contributed by atoms with Crippen LogP contribution in [0.1, 0.15) is 24.1 Å². The minimum atomic E-state index is -0.897. The fourth-order valence-corrected chi connectivity index (χ4v) is 5.04. The maximum Gasteiger partial charge on any atom is 0.243 e. The van der Waals surface area contributed by atoms with Crippen molar-refractivity contribution in [3.63, 3.8) is 0 Å². The van der Waals surface area contributed by atoms with Crippen LogP contribution < -0.4 is 10.2 Å². The number of nitrogens with zero attached hydrogens (tertiary/aromatic N) is 6. The number of piperidine rings is 1. The topological polar surface area (TPSA) is 71.2 Å². The van der Waals surface area contributed by atoms with E-state index in [2.05, 4.69) is 37.4 Å². The normalized spacial score (nSPS) is 15.2. The molecule has 186 valence electrons. The van der Waals surface area contributed by atoms with Crippen LogP contribution in [0.2, 0.25) is 0 Å². The van der Waals surface area contributed by atoms with Gasteiger partial charge in [-0.2, -0.15) is 4.98 Å². The molecule has 0 amide bonds. The van der Waals surface area contributed by atoms with Crippen LogP contribution in [0.15, 0.2) is 79.3 Å². The molecule has 0 aliphatic carbocycles. The Kier molecular flexibility index (Phi) is 5.75. The summed E-state index contributed by atoms with van der Waals surface area (Å²) in [5.74, 6) is -0.375. The first-order valence-electron chi connectivity index (χ1n) is 12.2. The first-order valence-corrected chi connectivity index (χ1v) is 12.2. The van der Waals surface area contributed by atoms with Crippen molar-refractivity contribution in [2.45, 2.75) is 25.3 Å². The molecule has 0 spiro atoms. The van der Waals surface area contributed by atoms with Gasteiger partial charge in [-0.25, -0.2) is 23.3 Å². The van der Waals surface area contributed by atoms with Crippen LogP contribution in [0, 0.1) is 18.6 Å². The fraction of sp³-hybridized carbons (Fsp3) is 0.214. The van der Waals surface area contributed by atoms with Gasteiger partial charge in [-0.1, -0.05) is 36.4 Å². The van der Waals surface area contributed by atoms with Crippen molar-refractivity contribution in [2.75, 3.05) is 23.3 Å². The van der Waals surface area contributed by atoms with Gasteiger partial charge in [-0.05, 0) is 55.2 Å². The summed E-state index contributed by atoms with van der Waals surface area (Å²) in [4.78, 5) is 15.7. The Morgan fingerprint density at radius 1 is 0.892 bits per heavy atom. The van der Waals surface area contributed by atoms with Crippen molar-refractivity contribution >= 4 is 17.4 Å². The van der Waals surface area contributed by atoms with Crippen LogP contribution in [0.5, 0.6) is 0 Å². The van der Waals surface area contributed by atoms with E-state index in [1.807, 2.05) is 43.3 Å². The van der Waals surface area contributed by atoms with Crippen molar-refractivity contribution in [1.29, 1.82) is 0 Å². The second-order valence-electron chi connectivity index (χ2n) is 9.33. The summed E-state index contributed by atoms with van der Waals surface area (Å²) in [6.45, 7) is 3.56. The maximum atomic E-state index is 14.0. The average molecular weight is 498 g/mol. The van der Waals surface area contributed by atoms with Gasteiger partial charge < -0.3 is 10.2 Å². The van der Waals surface area contributed by atoms with Crippen molar-refractivity contribution in [1.82, 2.24) is 24.6 Å². The second-order valence-corrected chi connectivity index (χ2v) is 9.33. The summed E-state index contributed by atoms with van der Waals surface area (Å²) in [6.07, 6.45) is 5.02. The first-order chi connectivity index (χ1) is 18.0. The van der Waals surface area contributed by atoms with E-state index in [1.54, 1.807) is 23.1 Å². The molecule has 0 unspecified atom stereocenters. The summed E-state index contributed by atoms with van der Waals surface area (Å²) >= 11 is 0. The standard InChI is InChI=1S/C28H25F2N7/c1-19-16-25(32-18-31-19)36-14-11-28(12-15-36,21-6-3-2-4-7-21)34-27-33-26-22(8-5-13-37(26)35-27)20-9-10-23(29)24(30)17-20/h2-10,13,16-18H,11-12,14-15H2,1H3,(H,34,35). The van der Waals surface area contributed by atoms with Gasteiger partial charge in [0.25, 0.3) is 0 Å². The first kappa shape index (κ1) is 23.0. The van der Waals surface area contributed by atoms with Gasteiger partial charge in [0.15, 0.2) is 17.3 Å². The van der Waals surface area contributed by atoms with Gasteiger partial charge in [0.05, 0.1) is 5.54 Å². The zero-order valence-corrected chi connectivity index (χ0v) is 20.3. The van der Waals surface area contributed by atoms with Crippen LogP contribution in [-0.2, 0) is 5.54 Å². The molecular formula is C28H25F2N7. The van der Waals surface area contributed by atoms with Gasteiger partial charge in [0, 0.05) is 36.6 Å². The highest BCUT2D eigenvalue weighted by molar-refractivity contribution is 5.78. The molecule has 0 saturated carbocycles. The van der Waals surface area contributed by atoms with Crippen molar-refractivity contribution in [3.8, 4) is 11.1 Å². The summed E-state index contributed by atoms with van der Waals surface area (Å²) in [7, 11) is 0. The zero-order chi connectivity index (χ0) is 25.4. The number of aryl methyl sites for hydroxylation is 1. The van der Waals surface area contributed by atoms with Gasteiger partial charge in [0.2, 0.25) is 5.95 Å². The Morgan fingerprint density at radius 2 is 1.70 bits per heavy atom. The number of rotatable bonds is 5. The molecule has 0 bridgehead atoms. The predicted molar refractivity (Wildman–Crippen MR) is 138 cm³/mol. The number of anilines is 2. The smallest absolute Gasteiger partial charge is 0.243 e.